The molecule has 0 spiro atoms. The molecule has 0 aromatic heterocycles. The molecule has 0 aliphatic rings. The van der Waals surface area contributed by atoms with Gasteiger partial charge in [0, 0.05) is 46.2 Å². The summed E-state index contributed by atoms with van der Waals surface area (Å²) in [4.78, 5) is 35.2. The van der Waals surface area contributed by atoms with Crippen LogP contribution >= 0.6 is 0 Å². The lowest BCUT2D eigenvalue weighted by Gasteiger charge is -2.22. The van der Waals surface area contributed by atoms with Crippen molar-refractivity contribution in [3.8, 4) is 0 Å². The number of ether oxygens (including phenoxy) is 3. The average Bonchev–Trinajstić information content (AvgIpc) is 3.26. The molecule has 61 heavy (non-hydrogen) atoms. The zero-order valence-electron chi connectivity index (χ0n) is 43.0. The van der Waals surface area contributed by atoms with E-state index in [0.717, 1.165) is 58.3 Å². The summed E-state index contributed by atoms with van der Waals surface area (Å²) in [6.07, 6.45) is 44.9. The average molecular weight is 870 g/mol. The highest BCUT2D eigenvalue weighted by Gasteiger charge is 2.08. The van der Waals surface area contributed by atoms with Crippen molar-refractivity contribution < 1.29 is 28.6 Å². The number of methoxy groups -OCH3 is 2. The number of carbonyl (C=O) groups is 3. The molecule has 0 N–H and O–H groups in total. The Kier molecular flexibility index (Phi) is 68.4. The third-order valence-electron chi connectivity index (χ3n) is 11.2. The molecule has 7 nitrogen and oxygen atoms in total. The van der Waals surface area contributed by atoms with Crippen LogP contribution in [-0.4, -0.2) is 77.1 Å². The number of esters is 1. The van der Waals surface area contributed by atoms with Gasteiger partial charge in [-0.1, -0.05) is 196 Å². The second kappa shape index (κ2) is 63.0. The van der Waals surface area contributed by atoms with Gasteiger partial charge in [-0.15, -0.1) is 0 Å². The van der Waals surface area contributed by atoms with Crippen molar-refractivity contribution in [2.75, 3.05) is 53.7 Å². The van der Waals surface area contributed by atoms with Crippen molar-refractivity contribution in [2.45, 2.75) is 267 Å². The lowest BCUT2D eigenvalue weighted by Crippen LogP contribution is -2.27. The molecular weight excluding hydrogens is 759 g/mol. The Morgan fingerprint density at radius 3 is 0.984 bits per heavy atom. The van der Waals surface area contributed by atoms with Crippen LogP contribution in [0.25, 0.3) is 0 Å². The second-order valence-corrected chi connectivity index (χ2v) is 17.7. The summed E-state index contributed by atoms with van der Waals surface area (Å²) in [7, 11) is 3.54. The van der Waals surface area contributed by atoms with E-state index in [1.54, 1.807) is 14.2 Å². The van der Waals surface area contributed by atoms with Crippen LogP contribution in [0.2, 0.25) is 0 Å². The van der Waals surface area contributed by atoms with Crippen LogP contribution in [0, 0.1) is 11.8 Å². The van der Waals surface area contributed by atoms with Crippen LogP contribution < -0.4 is 0 Å². The maximum atomic E-state index is 10.9. The van der Waals surface area contributed by atoms with Gasteiger partial charge in [-0.3, -0.25) is 4.79 Å². The van der Waals surface area contributed by atoms with Gasteiger partial charge in [0.2, 0.25) is 0 Å². The monoisotopic (exact) mass is 870 g/mol. The van der Waals surface area contributed by atoms with Crippen molar-refractivity contribution in [3.05, 3.63) is 0 Å². The van der Waals surface area contributed by atoms with Crippen LogP contribution in [0.5, 0.6) is 0 Å². The lowest BCUT2D eigenvalue weighted by molar-refractivity contribution is -0.141. The van der Waals surface area contributed by atoms with Crippen molar-refractivity contribution >= 4 is 18.5 Å². The normalized spacial score (nSPS) is 11.7. The van der Waals surface area contributed by atoms with Gasteiger partial charge in [0.1, 0.15) is 12.6 Å². The van der Waals surface area contributed by atoms with E-state index in [1.807, 2.05) is 0 Å². The van der Waals surface area contributed by atoms with Crippen molar-refractivity contribution in [3.63, 3.8) is 0 Å². The van der Waals surface area contributed by atoms with Gasteiger partial charge < -0.3 is 28.7 Å². The highest BCUT2D eigenvalue weighted by atomic mass is 16.5. The number of hydrogen-bond donors (Lipinski definition) is 0. The standard InChI is InChI=1S/C20H41NO4.C16H32O.C15H30O.C3H8/c1-20(22)25-19-13-10-16-21(14-8-4-6-11-17-23-2)15-9-5-7-12-18-24-3;1-3-5-7-9-10-12-14-16(15-17)13-11-8-6-4-2;1-3-5-7-9-11-13-15(14-16)12-10-8-6-4-2;1-3-2/h4-19H2,1-3H3;15-16H,3-14H2,1-2H3;14-15H,3-13H2,1-2H3;3H2,1-2H3. The molecule has 0 heterocycles. The number of aldehydes is 2. The fourth-order valence-corrected chi connectivity index (χ4v) is 7.28. The van der Waals surface area contributed by atoms with Gasteiger partial charge in [-0.2, -0.15) is 0 Å². The first-order valence-electron chi connectivity index (χ1n) is 26.6. The minimum absolute atomic E-state index is 0.177. The molecule has 0 rings (SSSR count). The van der Waals surface area contributed by atoms with Crippen molar-refractivity contribution in [1.29, 1.82) is 0 Å². The van der Waals surface area contributed by atoms with Crippen LogP contribution in [0.15, 0.2) is 0 Å². The Labute approximate surface area is 383 Å². The number of rotatable bonds is 44. The van der Waals surface area contributed by atoms with Crippen LogP contribution in [0.3, 0.4) is 0 Å². The SMILES string of the molecule is CCC.CCCCCCCC(C=O)CCCCCC.CCCCCCCCC(C=O)CCCCCC.COCCCCCCN(CCCCCCOC)CCCCOC(C)=O. The quantitative estimate of drug-likeness (QED) is 0.0343. The molecule has 2 atom stereocenters. The zero-order valence-corrected chi connectivity index (χ0v) is 43.0. The fraction of sp³-hybridized carbons (Fsp3) is 0.944. The van der Waals surface area contributed by atoms with E-state index in [1.165, 1.54) is 212 Å². The summed E-state index contributed by atoms with van der Waals surface area (Å²) < 4.78 is 15.2. The van der Waals surface area contributed by atoms with E-state index in [4.69, 9.17) is 14.2 Å². The third kappa shape index (κ3) is 65.4. The summed E-state index contributed by atoms with van der Waals surface area (Å²) in [5.74, 6) is 0.514. The minimum Gasteiger partial charge on any atom is -0.466 e. The van der Waals surface area contributed by atoms with E-state index < -0.39 is 0 Å². The Balaban J connectivity index is -0.000000398. The first-order valence-corrected chi connectivity index (χ1v) is 26.6. The maximum absolute atomic E-state index is 10.9. The molecule has 368 valence electrons. The van der Waals surface area contributed by atoms with E-state index >= 15 is 0 Å². The van der Waals surface area contributed by atoms with Crippen molar-refractivity contribution in [1.82, 2.24) is 4.90 Å². The fourth-order valence-electron chi connectivity index (χ4n) is 7.28. The van der Waals surface area contributed by atoms with Crippen LogP contribution in [0.4, 0.5) is 0 Å². The lowest BCUT2D eigenvalue weighted by atomic mass is 9.95. The molecule has 0 saturated carbocycles. The second-order valence-electron chi connectivity index (χ2n) is 17.7. The third-order valence-corrected chi connectivity index (χ3v) is 11.2. The molecule has 0 fully saturated rings. The maximum Gasteiger partial charge on any atom is 0.302 e. The molecule has 0 amide bonds. The predicted molar refractivity (Wildman–Crippen MR) is 267 cm³/mol. The van der Waals surface area contributed by atoms with Gasteiger partial charge in [0.15, 0.2) is 0 Å². The summed E-state index contributed by atoms with van der Waals surface area (Å²) in [6.45, 7) is 20.4. The topological polar surface area (TPSA) is 82.1 Å². The van der Waals surface area contributed by atoms with Crippen LogP contribution in [0.1, 0.15) is 267 Å². The van der Waals surface area contributed by atoms with Gasteiger partial charge >= 0.3 is 5.97 Å². The van der Waals surface area contributed by atoms with E-state index in [9.17, 15) is 14.4 Å². The molecule has 0 aliphatic carbocycles. The molecular formula is C54H111NO6. The van der Waals surface area contributed by atoms with Gasteiger partial charge in [0.25, 0.3) is 0 Å². The first-order chi connectivity index (χ1) is 29.8. The van der Waals surface area contributed by atoms with Gasteiger partial charge in [0.05, 0.1) is 6.61 Å². The molecule has 0 aliphatic heterocycles. The molecule has 0 bridgehead atoms. The van der Waals surface area contributed by atoms with E-state index in [0.29, 0.717) is 18.4 Å². The summed E-state index contributed by atoms with van der Waals surface area (Å²) >= 11 is 0. The Bertz CT molecular complexity index is 780. The molecule has 0 radical (unpaired) electrons. The first kappa shape index (κ1) is 66.3. The summed E-state index contributed by atoms with van der Waals surface area (Å²) in [6, 6.07) is 0. The smallest absolute Gasteiger partial charge is 0.302 e. The number of carbonyl (C=O) groups excluding carboxylic acids is 3. The predicted octanol–water partition coefficient (Wildman–Crippen LogP) is 16.1. The zero-order chi connectivity index (χ0) is 46.1. The highest BCUT2D eigenvalue weighted by molar-refractivity contribution is 5.65. The summed E-state index contributed by atoms with van der Waals surface area (Å²) in [5, 5.41) is 0. The van der Waals surface area contributed by atoms with E-state index in [-0.39, 0.29) is 5.97 Å². The number of hydrogen-bond acceptors (Lipinski definition) is 7. The molecule has 0 saturated heterocycles. The number of nitrogens with zero attached hydrogens (tertiary/aromatic N) is 1. The van der Waals surface area contributed by atoms with E-state index in [2.05, 4.69) is 46.4 Å². The minimum atomic E-state index is -0.177. The van der Waals surface area contributed by atoms with Gasteiger partial charge in [-0.05, 0) is 83.8 Å². The van der Waals surface area contributed by atoms with Crippen LogP contribution in [-0.2, 0) is 28.6 Å². The van der Waals surface area contributed by atoms with Gasteiger partial charge in [-0.25, -0.2) is 0 Å². The molecule has 0 aromatic carbocycles. The molecule has 2 unspecified atom stereocenters. The molecule has 7 heteroatoms. The summed E-state index contributed by atoms with van der Waals surface area (Å²) in [5.41, 5.74) is 0. The van der Waals surface area contributed by atoms with Crippen molar-refractivity contribution in [2.24, 2.45) is 11.8 Å². The number of unbranched alkanes of at least 4 members (excludes halogenated alkanes) is 22. The Morgan fingerprint density at radius 1 is 0.410 bits per heavy atom. The Morgan fingerprint density at radius 2 is 0.672 bits per heavy atom. The Hall–Kier alpha value is -1.31. The molecule has 0 aromatic rings. The highest BCUT2D eigenvalue weighted by Crippen LogP contribution is 2.18. The largest absolute Gasteiger partial charge is 0.466 e.